The zero-order chi connectivity index (χ0) is 13.8. The molecule has 0 bridgehead atoms. The number of carboxylic acid groups (broad SMARTS) is 1. The summed E-state index contributed by atoms with van der Waals surface area (Å²) in [6, 6.07) is 1.57. The lowest BCUT2D eigenvalue weighted by Crippen LogP contribution is -2.18. The second-order valence-electron chi connectivity index (χ2n) is 4.16. The van der Waals surface area contributed by atoms with Crippen molar-refractivity contribution >= 4 is 17.9 Å². The van der Waals surface area contributed by atoms with Crippen molar-refractivity contribution in [2.45, 2.75) is 19.3 Å². The molecule has 0 atom stereocenters. The van der Waals surface area contributed by atoms with Crippen molar-refractivity contribution in [1.82, 2.24) is 4.98 Å². The van der Waals surface area contributed by atoms with Crippen LogP contribution in [0.4, 0.5) is 10.6 Å². The molecule has 0 saturated heterocycles. The van der Waals surface area contributed by atoms with E-state index in [0.29, 0.717) is 0 Å². The molecule has 0 saturated carbocycles. The molecular weight excluding hydrogens is 248 g/mol. The maximum Gasteiger partial charge on any atom is 0.413 e. The first-order valence-corrected chi connectivity index (χ1v) is 5.92. The van der Waals surface area contributed by atoms with Crippen LogP contribution in [0.3, 0.4) is 0 Å². The molecule has 19 heavy (non-hydrogen) atoms. The molecule has 1 heterocycles. The second kappa shape index (κ2) is 5.51. The van der Waals surface area contributed by atoms with Crippen molar-refractivity contribution in [1.29, 1.82) is 0 Å². The number of nitrogens with one attached hydrogen (secondary N) is 1. The van der Waals surface area contributed by atoms with Gasteiger partial charge in [-0.1, -0.05) is 12.7 Å². The van der Waals surface area contributed by atoms with Gasteiger partial charge < -0.3 is 9.84 Å². The summed E-state index contributed by atoms with van der Waals surface area (Å²) in [6.07, 6.45) is 3.25. The Balaban J connectivity index is 2.25. The minimum Gasteiger partial charge on any atom is -0.478 e. The molecule has 2 N–H and O–H groups in total. The van der Waals surface area contributed by atoms with Gasteiger partial charge in [-0.3, -0.25) is 5.32 Å². The number of hydrogen-bond acceptors (Lipinski definition) is 4. The number of aryl methyl sites for hydroxylation is 2. The van der Waals surface area contributed by atoms with Gasteiger partial charge in [0.2, 0.25) is 0 Å². The Labute approximate surface area is 110 Å². The number of pyridine rings is 1. The maximum absolute atomic E-state index is 11.4. The van der Waals surface area contributed by atoms with Crippen LogP contribution in [-0.2, 0) is 17.6 Å². The number of carboxylic acids is 1. The SMILES string of the molecule is C=CCOC(=O)Nc1nc2c(cc1C(=O)O)CCC2. The monoisotopic (exact) mass is 262 g/mol. The van der Waals surface area contributed by atoms with Crippen molar-refractivity contribution in [3.05, 3.63) is 35.5 Å². The van der Waals surface area contributed by atoms with Gasteiger partial charge in [-0.05, 0) is 30.9 Å². The minimum absolute atomic E-state index is 0.0174. The van der Waals surface area contributed by atoms with Gasteiger partial charge in [0.1, 0.15) is 18.0 Å². The number of hydrogen-bond donors (Lipinski definition) is 2. The van der Waals surface area contributed by atoms with E-state index in [9.17, 15) is 9.59 Å². The zero-order valence-electron chi connectivity index (χ0n) is 10.3. The molecule has 1 aliphatic rings. The molecule has 0 aromatic carbocycles. The van der Waals surface area contributed by atoms with E-state index in [4.69, 9.17) is 9.84 Å². The van der Waals surface area contributed by atoms with Crippen LogP contribution in [0.25, 0.3) is 0 Å². The highest BCUT2D eigenvalue weighted by Crippen LogP contribution is 2.25. The van der Waals surface area contributed by atoms with Crippen molar-refractivity contribution in [2.24, 2.45) is 0 Å². The Kier molecular flexibility index (Phi) is 3.79. The van der Waals surface area contributed by atoms with Gasteiger partial charge in [0.25, 0.3) is 0 Å². The fourth-order valence-corrected chi connectivity index (χ4v) is 2.00. The number of nitrogens with zero attached hydrogens (tertiary/aromatic N) is 1. The average molecular weight is 262 g/mol. The van der Waals surface area contributed by atoms with Crippen molar-refractivity contribution < 1.29 is 19.4 Å². The molecule has 0 spiro atoms. The Bertz CT molecular complexity index is 540. The summed E-state index contributed by atoms with van der Waals surface area (Å²) in [4.78, 5) is 26.8. The van der Waals surface area contributed by atoms with Gasteiger partial charge in [0.15, 0.2) is 0 Å². The Morgan fingerprint density at radius 2 is 2.32 bits per heavy atom. The molecule has 1 aromatic heterocycles. The highest BCUT2D eigenvalue weighted by Gasteiger charge is 2.21. The standard InChI is InChI=1S/C13H14N2O4/c1-2-6-19-13(18)15-11-9(12(16)17)7-8-4-3-5-10(8)14-11/h2,7H,1,3-6H2,(H,16,17)(H,14,15,18). The van der Waals surface area contributed by atoms with Gasteiger partial charge in [-0.25, -0.2) is 14.6 Å². The summed E-state index contributed by atoms with van der Waals surface area (Å²) >= 11 is 0. The van der Waals surface area contributed by atoms with Crippen LogP contribution in [0.15, 0.2) is 18.7 Å². The molecular formula is C13H14N2O4. The molecule has 6 heteroatoms. The number of anilines is 1. The summed E-state index contributed by atoms with van der Waals surface area (Å²) in [7, 11) is 0. The topological polar surface area (TPSA) is 88.5 Å². The molecule has 100 valence electrons. The second-order valence-corrected chi connectivity index (χ2v) is 4.16. The number of fused-ring (bicyclic) bond motifs is 1. The van der Waals surface area contributed by atoms with Crippen LogP contribution < -0.4 is 5.32 Å². The fraction of sp³-hybridized carbons (Fsp3) is 0.308. The molecule has 0 radical (unpaired) electrons. The summed E-state index contributed by atoms with van der Waals surface area (Å²) in [5, 5.41) is 11.5. The maximum atomic E-state index is 11.4. The lowest BCUT2D eigenvalue weighted by molar-refractivity contribution is 0.0697. The van der Waals surface area contributed by atoms with Crippen molar-refractivity contribution in [2.75, 3.05) is 11.9 Å². The van der Waals surface area contributed by atoms with Crippen LogP contribution in [0.5, 0.6) is 0 Å². The summed E-state index contributed by atoms with van der Waals surface area (Å²) in [5.41, 5.74) is 1.75. The third-order valence-corrected chi connectivity index (χ3v) is 2.83. The van der Waals surface area contributed by atoms with E-state index in [2.05, 4.69) is 16.9 Å². The zero-order valence-corrected chi connectivity index (χ0v) is 10.3. The highest BCUT2D eigenvalue weighted by atomic mass is 16.5. The molecule has 6 nitrogen and oxygen atoms in total. The van der Waals surface area contributed by atoms with E-state index in [-0.39, 0.29) is 18.0 Å². The van der Waals surface area contributed by atoms with Crippen LogP contribution >= 0.6 is 0 Å². The average Bonchev–Trinajstić information content (AvgIpc) is 2.82. The normalized spacial score (nSPS) is 12.6. The summed E-state index contributed by atoms with van der Waals surface area (Å²) in [6.45, 7) is 3.47. The first kappa shape index (κ1) is 13.1. The van der Waals surface area contributed by atoms with E-state index in [1.807, 2.05) is 0 Å². The van der Waals surface area contributed by atoms with Gasteiger partial charge in [-0.2, -0.15) is 0 Å². The first-order chi connectivity index (χ1) is 9.11. The lowest BCUT2D eigenvalue weighted by atomic mass is 10.1. The van der Waals surface area contributed by atoms with Crippen LogP contribution in [0.2, 0.25) is 0 Å². The molecule has 0 fully saturated rings. The summed E-state index contributed by atoms with van der Waals surface area (Å²) < 4.78 is 4.75. The minimum atomic E-state index is -1.12. The fourth-order valence-electron chi connectivity index (χ4n) is 2.00. The Hall–Kier alpha value is -2.37. The van der Waals surface area contributed by atoms with E-state index in [1.54, 1.807) is 6.07 Å². The van der Waals surface area contributed by atoms with Gasteiger partial charge >= 0.3 is 12.1 Å². The molecule has 0 aliphatic heterocycles. The Morgan fingerprint density at radius 1 is 1.53 bits per heavy atom. The number of aromatic nitrogens is 1. The smallest absolute Gasteiger partial charge is 0.413 e. The number of aromatic carboxylic acids is 1. The summed E-state index contributed by atoms with van der Waals surface area (Å²) in [5.74, 6) is -1.09. The number of ether oxygens (including phenoxy) is 1. The number of carbonyl (C=O) groups is 2. The van der Waals surface area contributed by atoms with E-state index in [1.165, 1.54) is 6.08 Å². The van der Waals surface area contributed by atoms with Crippen molar-refractivity contribution in [3.8, 4) is 0 Å². The first-order valence-electron chi connectivity index (χ1n) is 5.92. The molecule has 2 rings (SSSR count). The van der Waals surface area contributed by atoms with Crippen LogP contribution in [-0.4, -0.2) is 28.8 Å². The van der Waals surface area contributed by atoms with E-state index < -0.39 is 12.1 Å². The number of amides is 1. The molecule has 1 aromatic rings. The quantitative estimate of drug-likeness (QED) is 0.810. The van der Waals surface area contributed by atoms with E-state index in [0.717, 1.165) is 30.5 Å². The third-order valence-electron chi connectivity index (χ3n) is 2.83. The Morgan fingerprint density at radius 3 is 3.00 bits per heavy atom. The van der Waals surface area contributed by atoms with Gasteiger partial charge in [0, 0.05) is 5.69 Å². The van der Waals surface area contributed by atoms with Crippen molar-refractivity contribution in [3.63, 3.8) is 0 Å². The predicted octanol–water partition coefficient (Wildman–Crippen LogP) is 2.00. The largest absolute Gasteiger partial charge is 0.478 e. The predicted molar refractivity (Wildman–Crippen MR) is 68.4 cm³/mol. The third kappa shape index (κ3) is 2.90. The van der Waals surface area contributed by atoms with Crippen LogP contribution in [0.1, 0.15) is 28.0 Å². The number of carbonyl (C=O) groups excluding carboxylic acids is 1. The van der Waals surface area contributed by atoms with Gasteiger partial charge in [-0.15, -0.1) is 0 Å². The van der Waals surface area contributed by atoms with Crippen LogP contribution in [0, 0.1) is 0 Å². The number of rotatable bonds is 4. The highest BCUT2D eigenvalue weighted by molar-refractivity contribution is 5.97. The molecule has 0 unspecified atom stereocenters. The van der Waals surface area contributed by atoms with E-state index >= 15 is 0 Å². The molecule has 1 amide bonds. The molecule has 1 aliphatic carbocycles. The van der Waals surface area contributed by atoms with Gasteiger partial charge in [0.05, 0.1) is 0 Å². The lowest BCUT2D eigenvalue weighted by Gasteiger charge is -2.09.